The Kier molecular flexibility index (Phi) is 1.48. The second-order valence-electron chi connectivity index (χ2n) is 4.95. The summed E-state index contributed by atoms with van der Waals surface area (Å²) in [5.74, 6) is 0.713. The molecule has 2 rings (SSSR count). The lowest BCUT2D eigenvalue weighted by Gasteiger charge is -2.37. The van der Waals surface area contributed by atoms with Gasteiger partial charge in [0.15, 0.2) is 0 Å². The van der Waals surface area contributed by atoms with Crippen LogP contribution in [-0.4, -0.2) is 11.2 Å². The number of hydrogen-bond donors (Lipinski definition) is 1. The van der Waals surface area contributed by atoms with Crippen molar-refractivity contribution in [1.29, 1.82) is 0 Å². The van der Waals surface area contributed by atoms with E-state index in [1.165, 1.54) is 6.42 Å². The van der Waals surface area contributed by atoms with Gasteiger partial charge in [-0.1, -0.05) is 19.9 Å². The van der Waals surface area contributed by atoms with Crippen LogP contribution in [0, 0.1) is 16.7 Å². The molecule has 2 fully saturated rings. The van der Waals surface area contributed by atoms with Gasteiger partial charge in [0.2, 0.25) is 0 Å². The predicted molar refractivity (Wildman–Crippen MR) is 49.8 cm³/mol. The molecule has 1 heteroatoms. The molecule has 0 radical (unpaired) electrons. The molecule has 0 saturated heterocycles. The highest BCUT2D eigenvalue weighted by Crippen LogP contribution is 2.66. The van der Waals surface area contributed by atoms with Crippen molar-refractivity contribution in [2.45, 2.75) is 39.2 Å². The molecular weight excluding hydrogens is 148 g/mol. The summed E-state index contributed by atoms with van der Waals surface area (Å²) in [5.41, 5.74) is 0.297. The third-order valence-electron chi connectivity index (χ3n) is 4.59. The summed E-state index contributed by atoms with van der Waals surface area (Å²) in [5, 5.41) is 9.93. The molecule has 0 heterocycles. The van der Waals surface area contributed by atoms with Crippen molar-refractivity contribution in [3.05, 3.63) is 12.7 Å². The van der Waals surface area contributed by atoms with Crippen LogP contribution in [-0.2, 0) is 0 Å². The maximum absolute atomic E-state index is 9.93. The van der Waals surface area contributed by atoms with E-state index in [2.05, 4.69) is 20.4 Å². The third-order valence-corrected chi connectivity index (χ3v) is 4.59. The van der Waals surface area contributed by atoms with Crippen LogP contribution in [0.25, 0.3) is 0 Å². The molecule has 68 valence electrons. The van der Waals surface area contributed by atoms with E-state index in [9.17, 15) is 5.11 Å². The molecule has 2 saturated carbocycles. The summed E-state index contributed by atoms with van der Waals surface area (Å²) in [4.78, 5) is 0. The van der Waals surface area contributed by atoms with Crippen LogP contribution in [0.1, 0.15) is 33.1 Å². The number of aliphatic hydroxyl groups is 1. The van der Waals surface area contributed by atoms with Crippen LogP contribution in [0.5, 0.6) is 0 Å². The lowest BCUT2D eigenvalue weighted by atomic mass is 9.68. The largest absolute Gasteiger partial charge is 0.392 e. The number of rotatable bonds is 1. The van der Waals surface area contributed by atoms with E-state index in [1.54, 1.807) is 0 Å². The Morgan fingerprint density at radius 2 is 2.17 bits per heavy atom. The minimum Gasteiger partial charge on any atom is -0.392 e. The van der Waals surface area contributed by atoms with E-state index in [-0.39, 0.29) is 16.9 Å². The van der Waals surface area contributed by atoms with Gasteiger partial charge in [0.05, 0.1) is 6.10 Å². The van der Waals surface area contributed by atoms with E-state index >= 15 is 0 Å². The lowest BCUT2D eigenvalue weighted by molar-refractivity contribution is 0.0371. The van der Waals surface area contributed by atoms with Gasteiger partial charge in [0.25, 0.3) is 0 Å². The zero-order valence-electron chi connectivity index (χ0n) is 8.01. The van der Waals surface area contributed by atoms with Gasteiger partial charge in [0, 0.05) is 5.41 Å². The van der Waals surface area contributed by atoms with Crippen LogP contribution in [0.15, 0.2) is 12.7 Å². The highest BCUT2D eigenvalue weighted by atomic mass is 16.3. The topological polar surface area (TPSA) is 20.2 Å². The summed E-state index contributed by atoms with van der Waals surface area (Å²) < 4.78 is 0. The van der Waals surface area contributed by atoms with Crippen molar-refractivity contribution in [3.63, 3.8) is 0 Å². The van der Waals surface area contributed by atoms with Crippen LogP contribution in [0.2, 0.25) is 0 Å². The monoisotopic (exact) mass is 166 g/mol. The van der Waals surface area contributed by atoms with E-state index in [0.717, 1.165) is 12.8 Å². The Labute approximate surface area is 74.5 Å². The molecule has 0 unspecified atom stereocenters. The molecule has 0 amide bonds. The van der Waals surface area contributed by atoms with Gasteiger partial charge in [-0.15, -0.1) is 6.58 Å². The van der Waals surface area contributed by atoms with Gasteiger partial charge in [-0.2, -0.15) is 0 Å². The number of fused-ring (bicyclic) bond motifs is 2. The van der Waals surface area contributed by atoms with Crippen LogP contribution < -0.4 is 0 Å². The standard InChI is InChI=1S/C11H18O/c1-4-11-6-5-8(7-9(11)12)10(11,2)3/h4,8-9,12H,1,5-7H2,2-3H3/t8-,9+,11+/m1/s1. The highest BCUT2D eigenvalue weighted by molar-refractivity contribution is 5.19. The molecule has 1 N–H and O–H groups in total. The molecule has 2 bridgehead atoms. The van der Waals surface area contributed by atoms with Crippen molar-refractivity contribution >= 4 is 0 Å². The SMILES string of the molecule is C=C[C@]12CC[C@H](C[C@@H]1O)C2(C)C. The highest BCUT2D eigenvalue weighted by Gasteiger charge is 2.62. The Morgan fingerprint density at radius 1 is 1.50 bits per heavy atom. The molecular formula is C11H18O. The van der Waals surface area contributed by atoms with Gasteiger partial charge in [-0.25, -0.2) is 0 Å². The van der Waals surface area contributed by atoms with Crippen LogP contribution >= 0.6 is 0 Å². The van der Waals surface area contributed by atoms with Gasteiger partial charge >= 0.3 is 0 Å². The first kappa shape index (κ1) is 8.31. The first-order valence-corrected chi connectivity index (χ1v) is 4.86. The molecule has 1 nitrogen and oxygen atoms in total. The van der Waals surface area contributed by atoms with E-state index < -0.39 is 0 Å². The Morgan fingerprint density at radius 3 is 2.42 bits per heavy atom. The molecule has 3 atom stereocenters. The summed E-state index contributed by atoms with van der Waals surface area (Å²) in [6, 6.07) is 0. The van der Waals surface area contributed by atoms with Crippen LogP contribution in [0.4, 0.5) is 0 Å². The predicted octanol–water partition coefficient (Wildman–Crippen LogP) is 2.36. The second kappa shape index (κ2) is 2.14. The van der Waals surface area contributed by atoms with Gasteiger partial charge in [-0.3, -0.25) is 0 Å². The Balaban J connectivity index is 2.45. The maximum atomic E-state index is 9.93. The zero-order chi connectivity index (χ0) is 8.98. The summed E-state index contributed by atoms with van der Waals surface area (Å²) >= 11 is 0. The number of aliphatic hydroxyl groups excluding tert-OH is 1. The molecule has 2 aliphatic carbocycles. The molecule has 2 aliphatic rings. The first-order valence-electron chi connectivity index (χ1n) is 4.86. The van der Waals surface area contributed by atoms with E-state index in [4.69, 9.17) is 0 Å². The molecule has 0 aromatic carbocycles. The van der Waals surface area contributed by atoms with Gasteiger partial charge < -0.3 is 5.11 Å². The zero-order valence-corrected chi connectivity index (χ0v) is 8.01. The number of hydrogen-bond acceptors (Lipinski definition) is 1. The van der Waals surface area contributed by atoms with Crippen molar-refractivity contribution in [1.82, 2.24) is 0 Å². The fourth-order valence-electron chi connectivity index (χ4n) is 3.47. The summed E-state index contributed by atoms with van der Waals surface area (Å²) in [6.07, 6.45) is 5.26. The van der Waals surface area contributed by atoms with Gasteiger partial charge in [0.1, 0.15) is 0 Å². The fraction of sp³-hybridized carbons (Fsp3) is 0.818. The average molecular weight is 166 g/mol. The minimum absolute atomic E-state index is 0.0255. The van der Waals surface area contributed by atoms with Crippen LogP contribution in [0.3, 0.4) is 0 Å². The Bertz CT molecular complexity index is 219. The second-order valence-corrected chi connectivity index (χ2v) is 4.95. The van der Waals surface area contributed by atoms with Gasteiger partial charge in [-0.05, 0) is 30.6 Å². The smallest absolute Gasteiger partial charge is 0.0638 e. The average Bonchev–Trinajstić information content (AvgIpc) is 2.36. The molecule has 0 aliphatic heterocycles. The Hall–Kier alpha value is -0.300. The molecule has 0 aromatic rings. The molecule has 0 aromatic heterocycles. The first-order chi connectivity index (χ1) is 5.54. The lowest BCUT2D eigenvalue weighted by Crippen LogP contribution is -2.36. The normalized spacial score (nSPS) is 49.6. The van der Waals surface area contributed by atoms with E-state index in [1.807, 2.05) is 6.08 Å². The van der Waals surface area contributed by atoms with Crippen molar-refractivity contribution in [2.75, 3.05) is 0 Å². The quantitative estimate of drug-likeness (QED) is 0.593. The summed E-state index contributed by atoms with van der Waals surface area (Å²) in [6.45, 7) is 8.46. The van der Waals surface area contributed by atoms with Crippen molar-refractivity contribution < 1.29 is 5.11 Å². The minimum atomic E-state index is -0.135. The van der Waals surface area contributed by atoms with Crippen molar-refractivity contribution in [2.24, 2.45) is 16.7 Å². The fourth-order valence-corrected chi connectivity index (χ4v) is 3.47. The summed E-state index contributed by atoms with van der Waals surface area (Å²) in [7, 11) is 0. The third kappa shape index (κ3) is 0.646. The maximum Gasteiger partial charge on any atom is 0.0638 e. The van der Waals surface area contributed by atoms with E-state index in [0.29, 0.717) is 5.92 Å². The van der Waals surface area contributed by atoms with Crippen molar-refractivity contribution in [3.8, 4) is 0 Å². The molecule has 12 heavy (non-hydrogen) atoms. The molecule has 0 spiro atoms.